The van der Waals surface area contributed by atoms with Crippen LogP contribution in [-0.4, -0.2) is 46.6 Å². The third kappa shape index (κ3) is 4.29. The van der Waals surface area contributed by atoms with Gasteiger partial charge in [0.2, 0.25) is 5.91 Å². The van der Waals surface area contributed by atoms with Gasteiger partial charge in [-0.25, -0.2) is 0 Å². The number of nitrogens with one attached hydrogen (secondary N) is 1. The van der Waals surface area contributed by atoms with Crippen LogP contribution in [0.3, 0.4) is 0 Å². The highest BCUT2D eigenvalue weighted by Gasteiger charge is 2.25. The minimum atomic E-state index is 0.00361. The Morgan fingerprint density at radius 3 is 3.21 bits per heavy atom. The number of amides is 1. The molecule has 1 fully saturated rings. The van der Waals surface area contributed by atoms with Crippen LogP contribution in [0.2, 0.25) is 0 Å². The topological polar surface area (TPSA) is 65.5 Å². The average Bonchev–Trinajstić information content (AvgIpc) is 2.84. The Balaban J connectivity index is 1.81. The van der Waals surface area contributed by atoms with Crippen LogP contribution in [0.5, 0.6) is 0 Å². The van der Waals surface area contributed by atoms with Gasteiger partial charge in [0.05, 0.1) is 18.4 Å². The molecule has 2 heterocycles. The van der Waals surface area contributed by atoms with Crippen molar-refractivity contribution in [2.75, 3.05) is 25.0 Å². The van der Waals surface area contributed by atoms with E-state index in [4.69, 9.17) is 5.11 Å². The molecule has 0 bridgehead atoms. The maximum Gasteiger partial charge on any atom is 0.238 e. The second-order valence-electron chi connectivity index (χ2n) is 4.92. The zero-order valence-electron chi connectivity index (χ0n) is 11.1. The first-order valence-corrected chi connectivity index (χ1v) is 6.84. The standard InChI is InChI=1S/C14H21N3O2/c18-9-3-6-13-5-2-8-17(13)11-14(19)16-12-4-1-7-15-10-12/h1,4,7,10,13,18H,2-3,5-6,8-9,11H2,(H,16,19)/t13-/m0/s1. The maximum absolute atomic E-state index is 12.0. The summed E-state index contributed by atoms with van der Waals surface area (Å²) >= 11 is 0. The van der Waals surface area contributed by atoms with Gasteiger partial charge in [-0.15, -0.1) is 0 Å². The summed E-state index contributed by atoms with van der Waals surface area (Å²) in [5.74, 6) is 0.00361. The van der Waals surface area contributed by atoms with Crippen molar-refractivity contribution in [2.24, 2.45) is 0 Å². The van der Waals surface area contributed by atoms with Crippen LogP contribution in [0.15, 0.2) is 24.5 Å². The number of carbonyl (C=O) groups is 1. The van der Waals surface area contributed by atoms with E-state index in [9.17, 15) is 4.79 Å². The van der Waals surface area contributed by atoms with Gasteiger partial charge in [-0.05, 0) is 44.4 Å². The Kier molecular flexibility index (Phi) is 5.30. The van der Waals surface area contributed by atoms with Gasteiger partial charge in [0.15, 0.2) is 0 Å². The van der Waals surface area contributed by atoms with Crippen LogP contribution < -0.4 is 5.32 Å². The molecular formula is C14H21N3O2. The number of pyridine rings is 1. The van der Waals surface area contributed by atoms with Crippen LogP contribution in [0.25, 0.3) is 0 Å². The molecule has 0 saturated carbocycles. The van der Waals surface area contributed by atoms with Crippen molar-refractivity contribution in [3.63, 3.8) is 0 Å². The molecule has 1 aliphatic heterocycles. The first-order valence-electron chi connectivity index (χ1n) is 6.84. The van der Waals surface area contributed by atoms with Crippen molar-refractivity contribution < 1.29 is 9.90 Å². The van der Waals surface area contributed by atoms with Gasteiger partial charge < -0.3 is 10.4 Å². The van der Waals surface area contributed by atoms with E-state index in [0.717, 1.165) is 37.9 Å². The minimum absolute atomic E-state index is 0.00361. The number of aliphatic hydroxyl groups is 1. The SMILES string of the molecule is O=C(CN1CCC[C@H]1CCCO)Nc1cccnc1. The fourth-order valence-electron chi connectivity index (χ4n) is 2.58. The number of likely N-dealkylation sites (tertiary alicyclic amines) is 1. The lowest BCUT2D eigenvalue weighted by Crippen LogP contribution is -2.36. The van der Waals surface area contributed by atoms with Crippen LogP contribution in [0, 0.1) is 0 Å². The van der Waals surface area contributed by atoms with E-state index in [2.05, 4.69) is 15.2 Å². The van der Waals surface area contributed by atoms with E-state index in [1.54, 1.807) is 18.5 Å². The van der Waals surface area contributed by atoms with Gasteiger partial charge in [0.25, 0.3) is 0 Å². The van der Waals surface area contributed by atoms with Gasteiger partial charge in [-0.1, -0.05) is 0 Å². The predicted molar refractivity (Wildman–Crippen MR) is 73.8 cm³/mol. The Morgan fingerprint density at radius 2 is 2.47 bits per heavy atom. The molecule has 1 saturated heterocycles. The Hall–Kier alpha value is -1.46. The zero-order valence-corrected chi connectivity index (χ0v) is 11.1. The van der Waals surface area contributed by atoms with Gasteiger partial charge in [0, 0.05) is 18.8 Å². The molecular weight excluding hydrogens is 242 g/mol. The molecule has 2 rings (SSSR count). The van der Waals surface area contributed by atoms with E-state index in [-0.39, 0.29) is 12.5 Å². The number of carbonyl (C=O) groups excluding carboxylic acids is 1. The van der Waals surface area contributed by atoms with E-state index in [1.807, 2.05) is 6.07 Å². The maximum atomic E-state index is 12.0. The zero-order chi connectivity index (χ0) is 13.5. The molecule has 1 aromatic heterocycles. The number of aromatic nitrogens is 1. The van der Waals surface area contributed by atoms with Crippen molar-refractivity contribution in [3.8, 4) is 0 Å². The highest BCUT2D eigenvalue weighted by molar-refractivity contribution is 5.92. The normalized spacial score (nSPS) is 19.5. The summed E-state index contributed by atoms with van der Waals surface area (Å²) in [6, 6.07) is 4.07. The lowest BCUT2D eigenvalue weighted by atomic mass is 10.1. The first kappa shape index (κ1) is 14.0. The summed E-state index contributed by atoms with van der Waals surface area (Å²) in [6.45, 7) is 1.62. The quantitative estimate of drug-likeness (QED) is 0.811. The Morgan fingerprint density at radius 1 is 1.58 bits per heavy atom. The van der Waals surface area contributed by atoms with Crippen molar-refractivity contribution >= 4 is 11.6 Å². The molecule has 0 spiro atoms. The average molecular weight is 263 g/mol. The van der Waals surface area contributed by atoms with Gasteiger partial charge in [0.1, 0.15) is 0 Å². The first-order chi connectivity index (χ1) is 9.29. The van der Waals surface area contributed by atoms with E-state index in [1.165, 1.54) is 0 Å². The third-order valence-corrected chi connectivity index (χ3v) is 3.49. The molecule has 0 aromatic carbocycles. The molecule has 1 atom stereocenters. The third-order valence-electron chi connectivity index (χ3n) is 3.49. The summed E-state index contributed by atoms with van der Waals surface area (Å²) in [6.07, 6.45) is 7.37. The number of nitrogens with zero attached hydrogens (tertiary/aromatic N) is 2. The summed E-state index contributed by atoms with van der Waals surface area (Å²) in [5, 5.41) is 11.7. The molecule has 1 aliphatic rings. The molecule has 104 valence electrons. The highest BCUT2D eigenvalue weighted by atomic mass is 16.3. The van der Waals surface area contributed by atoms with E-state index in [0.29, 0.717) is 12.6 Å². The monoisotopic (exact) mass is 263 g/mol. The molecule has 5 nitrogen and oxygen atoms in total. The van der Waals surface area contributed by atoms with Crippen molar-refractivity contribution in [1.29, 1.82) is 0 Å². The van der Waals surface area contributed by atoms with Gasteiger partial charge in [-0.2, -0.15) is 0 Å². The molecule has 2 N–H and O–H groups in total. The lowest BCUT2D eigenvalue weighted by molar-refractivity contribution is -0.117. The summed E-state index contributed by atoms with van der Waals surface area (Å²) in [5.41, 5.74) is 0.735. The predicted octanol–water partition coefficient (Wildman–Crippen LogP) is 1.26. The van der Waals surface area contributed by atoms with Crippen LogP contribution in [0.4, 0.5) is 5.69 Å². The van der Waals surface area contributed by atoms with E-state index < -0.39 is 0 Å². The van der Waals surface area contributed by atoms with E-state index >= 15 is 0 Å². The lowest BCUT2D eigenvalue weighted by Gasteiger charge is -2.23. The van der Waals surface area contributed by atoms with Crippen LogP contribution >= 0.6 is 0 Å². The Labute approximate surface area is 113 Å². The van der Waals surface area contributed by atoms with Crippen LogP contribution in [-0.2, 0) is 4.79 Å². The number of anilines is 1. The highest BCUT2D eigenvalue weighted by Crippen LogP contribution is 2.20. The molecule has 0 radical (unpaired) electrons. The number of aliphatic hydroxyl groups excluding tert-OH is 1. The van der Waals surface area contributed by atoms with Crippen LogP contribution in [0.1, 0.15) is 25.7 Å². The second kappa shape index (κ2) is 7.21. The fraction of sp³-hybridized carbons (Fsp3) is 0.571. The second-order valence-corrected chi connectivity index (χ2v) is 4.92. The van der Waals surface area contributed by atoms with Gasteiger partial charge >= 0.3 is 0 Å². The van der Waals surface area contributed by atoms with Crippen molar-refractivity contribution in [3.05, 3.63) is 24.5 Å². The molecule has 1 amide bonds. The summed E-state index contributed by atoms with van der Waals surface area (Å²) < 4.78 is 0. The Bertz CT molecular complexity index is 397. The molecule has 1 aromatic rings. The molecule has 5 heteroatoms. The summed E-state index contributed by atoms with van der Waals surface area (Å²) in [4.78, 5) is 18.1. The largest absolute Gasteiger partial charge is 0.396 e. The van der Waals surface area contributed by atoms with Gasteiger partial charge in [-0.3, -0.25) is 14.7 Å². The van der Waals surface area contributed by atoms with Crippen molar-refractivity contribution in [1.82, 2.24) is 9.88 Å². The number of rotatable bonds is 6. The summed E-state index contributed by atoms with van der Waals surface area (Å²) in [7, 11) is 0. The van der Waals surface area contributed by atoms with Crippen molar-refractivity contribution in [2.45, 2.75) is 31.7 Å². The smallest absolute Gasteiger partial charge is 0.238 e. The minimum Gasteiger partial charge on any atom is -0.396 e. The molecule has 19 heavy (non-hydrogen) atoms. The molecule has 0 unspecified atom stereocenters. The number of hydrogen-bond donors (Lipinski definition) is 2. The molecule has 0 aliphatic carbocycles. The number of hydrogen-bond acceptors (Lipinski definition) is 4. The fourth-order valence-corrected chi connectivity index (χ4v) is 2.58.